The number of aryl methyl sites for hydroxylation is 1. The quantitative estimate of drug-likeness (QED) is 0.838. The van der Waals surface area contributed by atoms with Crippen molar-refractivity contribution >= 4 is 22.5 Å². The van der Waals surface area contributed by atoms with E-state index in [1.807, 2.05) is 12.3 Å². The van der Waals surface area contributed by atoms with Gasteiger partial charge in [0.05, 0.1) is 5.69 Å². The smallest absolute Gasteiger partial charge is 0.387 e. The molecule has 2 aromatic rings. The zero-order chi connectivity index (χ0) is 16.4. The lowest BCUT2D eigenvalue weighted by molar-refractivity contribution is -0.0498. The third-order valence-corrected chi connectivity index (χ3v) is 4.44. The second-order valence-corrected chi connectivity index (χ2v) is 5.99. The third-order valence-electron chi connectivity index (χ3n) is 3.45. The van der Waals surface area contributed by atoms with Crippen molar-refractivity contribution in [3.63, 3.8) is 0 Å². The maximum absolute atomic E-state index is 12.4. The first-order chi connectivity index (χ1) is 11.0. The van der Waals surface area contributed by atoms with Gasteiger partial charge in [-0.3, -0.25) is 4.90 Å². The summed E-state index contributed by atoms with van der Waals surface area (Å²) in [5.41, 5.74) is 1.75. The van der Waals surface area contributed by atoms with Gasteiger partial charge in [0, 0.05) is 25.0 Å². The molecule has 23 heavy (non-hydrogen) atoms. The van der Waals surface area contributed by atoms with Crippen molar-refractivity contribution in [3.05, 3.63) is 40.9 Å². The summed E-state index contributed by atoms with van der Waals surface area (Å²) in [5, 5.41) is 2.61. The van der Waals surface area contributed by atoms with Crippen LogP contribution in [0.15, 0.2) is 29.6 Å². The Bertz CT molecular complexity index is 690. The highest BCUT2D eigenvalue weighted by Gasteiger charge is 2.31. The van der Waals surface area contributed by atoms with Crippen LogP contribution in [0.2, 0.25) is 0 Å². The molecule has 122 valence electrons. The molecule has 1 aromatic heterocycles. The van der Waals surface area contributed by atoms with Gasteiger partial charge >= 0.3 is 12.6 Å². The number of hydrogen-bond donors (Lipinski definition) is 0. The van der Waals surface area contributed by atoms with Gasteiger partial charge in [0.2, 0.25) is 0 Å². The highest BCUT2D eigenvalue weighted by atomic mass is 32.1. The number of aromatic nitrogens is 1. The van der Waals surface area contributed by atoms with Crippen LogP contribution in [0.3, 0.4) is 0 Å². The molecule has 2 heterocycles. The van der Waals surface area contributed by atoms with Gasteiger partial charge in [0.1, 0.15) is 5.75 Å². The number of thiazole rings is 1. The predicted octanol–water partition coefficient (Wildman–Crippen LogP) is 3.50. The monoisotopic (exact) mass is 339 g/mol. The van der Waals surface area contributed by atoms with Crippen molar-refractivity contribution in [2.45, 2.75) is 20.1 Å². The average Bonchev–Trinajstić information content (AvgIpc) is 3.08. The summed E-state index contributed by atoms with van der Waals surface area (Å²) in [6.45, 7) is 0.678. The maximum Gasteiger partial charge on any atom is 0.387 e. The van der Waals surface area contributed by atoms with E-state index in [-0.39, 0.29) is 11.8 Å². The summed E-state index contributed by atoms with van der Waals surface area (Å²) in [5.74, 6) is 0.108. The number of ether oxygens (including phenoxy) is 1. The zero-order valence-electron chi connectivity index (χ0n) is 12.4. The minimum absolute atomic E-state index is 0.0905. The lowest BCUT2D eigenvalue weighted by atomic mass is 10.2. The Labute approximate surface area is 136 Å². The van der Waals surface area contributed by atoms with Crippen LogP contribution < -0.4 is 9.64 Å². The number of benzene rings is 1. The summed E-state index contributed by atoms with van der Waals surface area (Å²) in [7, 11) is 0. The van der Waals surface area contributed by atoms with Crippen LogP contribution in [0.5, 0.6) is 5.75 Å². The molecule has 0 bridgehead atoms. The molecule has 0 N–H and O–H groups in total. The molecule has 0 atom stereocenters. The van der Waals surface area contributed by atoms with Crippen LogP contribution in [0.1, 0.15) is 11.3 Å². The molecule has 2 amide bonds. The second kappa shape index (κ2) is 6.49. The predicted molar refractivity (Wildman–Crippen MR) is 83.1 cm³/mol. The van der Waals surface area contributed by atoms with Crippen molar-refractivity contribution < 1.29 is 18.3 Å². The number of amides is 2. The van der Waals surface area contributed by atoms with E-state index >= 15 is 0 Å². The number of urea groups is 1. The number of rotatable bonds is 5. The fourth-order valence-electron chi connectivity index (χ4n) is 2.37. The Morgan fingerprint density at radius 3 is 2.65 bits per heavy atom. The molecule has 1 aliphatic rings. The van der Waals surface area contributed by atoms with E-state index in [1.54, 1.807) is 21.9 Å². The molecule has 1 aliphatic heterocycles. The number of alkyl halides is 2. The van der Waals surface area contributed by atoms with Gasteiger partial charge in [0.25, 0.3) is 0 Å². The molecule has 0 saturated carbocycles. The molecule has 8 heteroatoms. The molecule has 1 fully saturated rings. The standard InChI is InChI=1S/C15H15F2N3O2S/c1-10-9-23-14(18-10)20-7-6-19(15(20)21)8-11-2-4-12(5-3-11)22-13(16)17/h2-5,9,13H,6-8H2,1H3. The minimum atomic E-state index is -2.84. The summed E-state index contributed by atoms with van der Waals surface area (Å²) in [4.78, 5) is 20.1. The van der Waals surface area contributed by atoms with Gasteiger partial charge in [-0.2, -0.15) is 8.78 Å². The molecule has 0 unspecified atom stereocenters. The first-order valence-corrected chi connectivity index (χ1v) is 7.93. The molecule has 3 rings (SSSR count). The zero-order valence-corrected chi connectivity index (χ0v) is 13.2. The number of nitrogens with zero attached hydrogens (tertiary/aromatic N) is 3. The number of carbonyl (C=O) groups excluding carboxylic acids is 1. The van der Waals surface area contributed by atoms with Gasteiger partial charge in [-0.25, -0.2) is 9.78 Å². The van der Waals surface area contributed by atoms with Crippen molar-refractivity contribution in [1.29, 1.82) is 0 Å². The average molecular weight is 339 g/mol. The van der Waals surface area contributed by atoms with Gasteiger partial charge in [-0.15, -0.1) is 11.3 Å². The first kappa shape index (κ1) is 15.7. The van der Waals surface area contributed by atoms with E-state index in [4.69, 9.17) is 0 Å². The minimum Gasteiger partial charge on any atom is -0.435 e. The van der Waals surface area contributed by atoms with Crippen LogP contribution in [0, 0.1) is 6.92 Å². The molecule has 1 saturated heterocycles. The normalized spacial score (nSPS) is 14.9. The molecular formula is C15H15F2N3O2S. The van der Waals surface area contributed by atoms with E-state index in [0.29, 0.717) is 24.8 Å². The fourth-order valence-corrected chi connectivity index (χ4v) is 3.19. The van der Waals surface area contributed by atoms with Gasteiger partial charge in [-0.05, 0) is 24.6 Å². The Balaban J connectivity index is 1.63. The van der Waals surface area contributed by atoms with Crippen LogP contribution >= 0.6 is 11.3 Å². The molecule has 1 aromatic carbocycles. The molecular weight excluding hydrogens is 324 g/mol. The molecule has 0 radical (unpaired) electrons. The topological polar surface area (TPSA) is 45.7 Å². The second-order valence-electron chi connectivity index (χ2n) is 5.15. The van der Waals surface area contributed by atoms with Crippen molar-refractivity contribution in [2.24, 2.45) is 0 Å². The van der Waals surface area contributed by atoms with Gasteiger partial charge < -0.3 is 9.64 Å². The Kier molecular flexibility index (Phi) is 4.42. The van der Waals surface area contributed by atoms with E-state index in [2.05, 4.69) is 9.72 Å². The third kappa shape index (κ3) is 3.58. The van der Waals surface area contributed by atoms with Crippen molar-refractivity contribution in [2.75, 3.05) is 18.0 Å². The van der Waals surface area contributed by atoms with Crippen LogP contribution in [-0.2, 0) is 6.54 Å². The Hall–Kier alpha value is -2.22. The fraction of sp³-hybridized carbons (Fsp3) is 0.333. The SMILES string of the molecule is Cc1csc(N2CCN(Cc3ccc(OC(F)F)cc3)C2=O)n1. The van der Waals surface area contributed by atoms with Crippen molar-refractivity contribution in [1.82, 2.24) is 9.88 Å². The van der Waals surface area contributed by atoms with E-state index in [1.165, 1.54) is 23.5 Å². The molecule has 0 aliphatic carbocycles. The lowest BCUT2D eigenvalue weighted by Crippen LogP contribution is -2.31. The summed E-state index contributed by atoms with van der Waals surface area (Å²) in [6, 6.07) is 6.23. The highest BCUT2D eigenvalue weighted by molar-refractivity contribution is 7.14. The number of hydrogen-bond acceptors (Lipinski definition) is 4. The number of halogens is 2. The van der Waals surface area contributed by atoms with Crippen LogP contribution in [0.4, 0.5) is 18.7 Å². The van der Waals surface area contributed by atoms with Crippen molar-refractivity contribution in [3.8, 4) is 5.75 Å². The first-order valence-electron chi connectivity index (χ1n) is 7.05. The molecule has 5 nitrogen and oxygen atoms in total. The van der Waals surface area contributed by atoms with E-state index in [9.17, 15) is 13.6 Å². The number of anilines is 1. The maximum atomic E-state index is 12.4. The lowest BCUT2D eigenvalue weighted by Gasteiger charge is -2.17. The summed E-state index contributed by atoms with van der Waals surface area (Å²) < 4.78 is 28.5. The van der Waals surface area contributed by atoms with Crippen LogP contribution in [0.25, 0.3) is 0 Å². The summed E-state index contributed by atoms with van der Waals surface area (Å²) in [6.07, 6.45) is 0. The molecule has 0 spiro atoms. The van der Waals surface area contributed by atoms with Crippen LogP contribution in [-0.4, -0.2) is 35.6 Å². The Morgan fingerprint density at radius 2 is 2.04 bits per heavy atom. The number of carbonyl (C=O) groups is 1. The van der Waals surface area contributed by atoms with Gasteiger partial charge in [0.15, 0.2) is 5.13 Å². The highest BCUT2D eigenvalue weighted by Crippen LogP contribution is 2.25. The van der Waals surface area contributed by atoms with Gasteiger partial charge in [-0.1, -0.05) is 12.1 Å². The van der Waals surface area contributed by atoms with E-state index in [0.717, 1.165) is 11.3 Å². The van der Waals surface area contributed by atoms with E-state index < -0.39 is 6.61 Å². The summed E-state index contributed by atoms with van der Waals surface area (Å²) >= 11 is 1.45. The Morgan fingerprint density at radius 1 is 1.30 bits per heavy atom. The largest absolute Gasteiger partial charge is 0.435 e.